The molecule has 2 heterocycles. The van der Waals surface area contributed by atoms with E-state index in [1.165, 1.54) is 23.5 Å². The van der Waals surface area contributed by atoms with Crippen LogP contribution in [0.5, 0.6) is 0 Å². The summed E-state index contributed by atoms with van der Waals surface area (Å²) in [6, 6.07) is 16.9. The molecule has 0 bridgehead atoms. The highest BCUT2D eigenvalue weighted by molar-refractivity contribution is 5.96. The lowest BCUT2D eigenvalue weighted by molar-refractivity contribution is -0.149. The number of amides is 3. The van der Waals surface area contributed by atoms with E-state index in [4.69, 9.17) is 4.74 Å². The van der Waals surface area contributed by atoms with Crippen molar-refractivity contribution in [1.29, 1.82) is 0 Å². The smallest absolute Gasteiger partial charge is 0.329 e. The third-order valence-electron chi connectivity index (χ3n) is 6.18. The van der Waals surface area contributed by atoms with Gasteiger partial charge in [0.2, 0.25) is 11.8 Å². The van der Waals surface area contributed by atoms with Crippen molar-refractivity contribution >= 4 is 23.7 Å². The lowest BCUT2D eigenvalue weighted by Gasteiger charge is -2.26. The maximum absolute atomic E-state index is 13.3. The molecule has 2 unspecified atom stereocenters. The molecule has 1 saturated heterocycles. The molecule has 10 heteroatoms. The van der Waals surface area contributed by atoms with Crippen LogP contribution >= 0.6 is 0 Å². The Hall–Kier alpha value is -4.60. The summed E-state index contributed by atoms with van der Waals surface area (Å²) in [6.07, 6.45) is 5.45. The van der Waals surface area contributed by atoms with Gasteiger partial charge >= 0.3 is 5.97 Å². The molecule has 0 spiro atoms. The average molecular weight is 516 g/mol. The SMILES string of the molecule is O=C(NCC(=O)N1CCCC1C(=O)NC(Cc1ccccc1)C(=O)OCc1ccccc1)c1cnccn1. The molecule has 10 nitrogen and oxygen atoms in total. The predicted molar refractivity (Wildman–Crippen MR) is 137 cm³/mol. The molecule has 2 N–H and O–H groups in total. The highest BCUT2D eigenvalue weighted by Gasteiger charge is 2.36. The van der Waals surface area contributed by atoms with Crippen LogP contribution in [0.3, 0.4) is 0 Å². The number of nitrogens with one attached hydrogen (secondary N) is 2. The van der Waals surface area contributed by atoms with Crippen molar-refractivity contribution in [2.75, 3.05) is 13.1 Å². The molecular formula is C28H29N5O5. The number of nitrogens with zero attached hydrogens (tertiary/aromatic N) is 3. The van der Waals surface area contributed by atoms with Gasteiger partial charge in [0, 0.05) is 25.4 Å². The number of benzene rings is 2. The van der Waals surface area contributed by atoms with Gasteiger partial charge in [0.1, 0.15) is 24.4 Å². The largest absolute Gasteiger partial charge is 0.459 e. The van der Waals surface area contributed by atoms with Gasteiger partial charge in [-0.2, -0.15) is 0 Å². The minimum absolute atomic E-state index is 0.0837. The fourth-order valence-electron chi connectivity index (χ4n) is 4.24. The molecular weight excluding hydrogens is 486 g/mol. The van der Waals surface area contributed by atoms with Crippen molar-refractivity contribution in [1.82, 2.24) is 25.5 Å². The molecule has 1 fully saturated rings. The molecule has 2 atom stereocenters. The van der Waals surface area contributed by atoms with E-state index in [1.54, 1.807) is 0 Å². The van der Waals surface area contributed by atoms with Crippen LogP contribution in [0, 0.1) is 0 Å². The maximum Gasteiger partial charge on any atom is 0.329 e. The first kappa shape index (κ1) is 26.5. The van der Waals surface area contributed by atoms with Crippen molar-refractivity contribution in [3.63, 3.8) is 0 Å². The summed E-state index contributed by atoms with van der Waals surface area (Å²) in [4.78, 5) is 60.6. The summed E-state index contributed by atoms with van der Waals surface area (Å²) >= 11 is 0. The lowest BCUT2D eigenvalue weighted by Crippen LogP contribution is -2.53. The first-order chi connectivity index (χ1) is 18.5. The first-order valence-corrected chi connectivity index (χ1v) is 12.4. The molecule has 4 rings (SSSR count). The number of carbonyl (C=O) groups is 4. The third-order valence-corrected chi connectivity index (χ3v) is 6.18. The van der Waals surface area contributed by atoms with Crippen molar-refractivity contribution in [2.45, 2.75) is 38.0 Å². The van der Waals surface area contributed by atoms with Crippen LogP contribution in [0.25, 0.3) is 0 Å². The molecule has 3 amide bonds. The Bertz CT molecular complexity index is 1240. The molecule has 1 aromatic heterocycles. The van der Waals surface area contributed by atoms with Gasteiger partial charge in [0.15, 0.2) is 0 Å². The summed E-state index contributed by atoms with van der Waals surface area (Å²) in [7, 11) is 0. The number of hydrogen-bond acceptors (Lipinski definition) is 7. The van der Waals surface area contributed by atoms with Crippen LogP contribution < -0.4 is 10.6 Å². The van der Waals surface area contributed by atoms with E-state index >= 15 is 0 Å². The Kier molecular flexibility index (Phi) is 9.12. The summed E-state index contributed by atoms with van der Waals surface area (Å²) in [5.74, 6) is -1.92. The molecule has 0 radical (unpaired) electrons. The molecule has 38 heavy (non-hydrogen) atoms. The van der Waals surface area contributed by atoms with Gasteiger partial charge in [-0.15, -0.1) is 0 Å². The number of aromatic nitrogens is 2. The van der Waals surface area contributed by atoms with Gasteiger partial charge in [-0.1, -0.05) is 60.7 Å². The predicted octanol–water partition coefficient (Wildman–Crippen LogP) is 1.67. The molecule has 3 aromatic rings. The fourth-order valence-corrected chi connectivity index (χ4v) is 4.24. The van der Waals surface area contributed by atoms with Crippen LogP contribution in [-0.2, 0) is 32.1 Å². The third kappa shape index (κ3) is 7.22. The zero-order valence-electron chi connectivity index (χ0n) is 20.8. The number of rotatable bonds is 10. The van der Waals surface area contributed by atoms with E-state index in [2.05, 4.69) is 20.6 Å². The minimum atomic E-state index is -0.928. The monoisotopic (exact) mass is 515 g/mol. The van der Waals surface area contributed by atoms with Crippen LogP contribution in [0.15, 0.2) is 79.3 Å². The molecule has 196 valence electrons. The summed E-state index contributed by atoms with van der Waals surface area (Å²) in [5, 5.41) is 5.33. The zero-order valence-corrected chi connectivity index (χ0v) is 20.8. The van der Waals surface area contributed by atoms with Crippen LogP contribution in [0.1, 0.15) is 34.5 Å². The Labute approximate surface area is 220 Å². The minimum Gasteiger partial charge on any atom is -0.459 e. The normalized spacial score (nSPS) is 15.4. The van der Waals surface area contributed by atoms with Crippen molar-refractivity contribution in [3.05, 3.63) is 96.1 Å². The topological polar surface area (TPSA) is 131 Å². The molecule has 2 aromatic carbocycles. The van der Waals surface area contributed by atoms with E-state index in [1.807, 2.05) is 60.7 Å². The molecule has 0 aliphatic carbocycles. The van der Waals surface area contributed by atoms with E-state index in [9.17, 15) is 19.2 Å². The van der Waals surface area contributed by atoms with Crippen molar-refractivity contribution < 1.29 is 23.9 Å². The van der Waals surface area contributed by atoms with Gasteiger partial charge in [-0.25, -0.2) is 9.78 Å². The molecule has 1 aliphatic rings. The highest BCUT2D eigenvalue weighted by atomic mass is 16.5. The van der Waals surface area contributed by atoms with Crippen LogP contribution in [0.4, 0.5) is 0 Å². The van der Waals surface area contributed by atoms with Gasteiger partial charge < -0.3 is 20.3 Å². The quantitative estimate of drug-likeness (QED) is 0.393. The number of carbonyl (C=O) groups excluding carboxylic acids is 4. The van der Waals surface area contributed by atoms with Gasteiger partial charge in [0.25, 0.3) is 5.91 Å². The molecule has 1 aliphatic heterocycles. The van der Waals surface area contributed by atoms with Crippen molar-refractivity contribution in [3.8, 4) is 0 Å². The standard InChI is InChI=1S/C28H29N5O5/c34-25(18-31-26(35)23-17-29-13-14-30-23)33-15-7-12-24(33)27(36)32-22(16-20-8-3-1-4-9-20)28(37)38-19-21-10-5-2-6-11-21/h1-6,8-11,13-14,17,22,24H,7,12,15-16,18-19H2,(H,31,35)(H,32,36). The van der Waals surface area contributed by atoms with Gasteiger partial charge in [-0.05, 0) is 24.0 Å². The van der Waals surface area contributed by atoms with Crippen LogP contribution in [-0.4, -0.2) is 63.7 Å². The Morgan fingerprint density at radius 2 is 1.68 bits per heavy atom. The summed E-state index contributed by atoms with van der Waals surface area (Å²) in [5.41, 5.74) is 1.79. The number of hydrogen-bond donors (Lipinski definition) is 2. The Morgan fingerprint density at radius 1 is 0.974 bits per heavy atom. The van der Waals surface area contributed by atoms with E-state index in [-0.39, 0.29) is 25.3 Å². The maximum atomic E-state index is 13.3. The molecule has 0 saturated carbocycles. The fraction of sp³-hybridized carbons (Fsp3) is 0.286. The van der Waals surface area contributed by atoms with E-state index in [0.29, 0.717) is 19.4 Å². The first-order valence-electron chi connectivity index (χ1n) is 12.4. The van der Waals surface area contributed by atoms with Gasteiger partial charge in [-0.3, -0.25) is 19.4 Å². The Morgan fingerprint density at radius 3 is 2.37 bits per heavy atom. The lowest BCUT2D eigenvalue weighted by atomic mass is 10.1. The van der Waals surface area contributed by atoms with E-state index < -0.39 is 35.8 Å². The number of esters is 1. The Balaban J connectivity index is 1.38. The zero-order chi connectivity index (χ0) is 26.7. The average Bonchev–Trinajstić information content (AvgIpc) is 3.46. The second kappa shape index (κ2) is 13.1. The number of likely N-dealkylation sites (tertiary alicyclic amines) is 1. The second-order valence-electron chi connectivity index (χ2n) is 8.86. The summed E-state index contributed by atoms with van der Waals surface area (Å²) in [6.45, 7) is 0.172. The van der Waals surface area contributed by atoms with Crippen LogP contribution in [0.2, 0.25) is 0 Å². The van der Waals surface area contributed by atoms with E-state index in [0.717, 1.165) is 11.1 Å². The number of ether oxygens (including phenoxy) is 1. The highest BCUT2D eigenvalue weighted by Crippen LogP contribution is 2.18. The summed E-state index contributed by atoms with van der Waals surface area (Å²) < 4.78 is 5.51. The van der Waals surface area contributed by atoms with Crippen molar-refractivity contribution in [2.24, 2.45) is 0 Å². The second-order valence-corrected chi connectivity index (χ2v) is 8.86. The van der Waals surface area contributed by atoms with Gasteiger partial charge in [0.05, 0.1) is 12.7 Å².